The van der Waals surface area contributed by atoms with Gasteiger partial charge in [0, 0.05) is 31.2 Å². The topological polar surface area (TPSA) is 47.9 Å². The molecule has 2 atom stereocenters. The van der Waals surface area contributed by atoms with Crippen molar-refractivity contribution in [1.29, 1.82) is 0 Å². The molecule has 2 N–H and O–H groups in total. The molecular formula is C23H32IN3O. The van der Waals surface area contributed by atoms with Crippen LogP contribution in [-0.4, -0.2) is 41.7 Å². The lowest BCUT2D eigenvalue weighted by atomic mass is 9.93. The molecule has 0 bridgehead atoms. The first kappa shape index (κ1) is 22.7. The number of halogens is 1. The summed E-state index contributed by atoms with van der Waals surface area (Å²) in [5.74, 6) is 1.16. The third kappa shape index (κ3) is 7.09. The van der Waals surface area contributed by atoms with Gasteiger partial charge in [-0.15, -0.1) is 24.0 Å². The Morgan fingerprint density at radius 2 is 1.61 bits per heavy atom. The van der Waals surface area contributed by atoms with Gasteiger partial charge in [-0.05, 0) is 50.3 Å². The number of likely N-dealkylation sites (tertiary alicyclic amines) is 1. The van der Waals surface area contributed by atoms with Crippen LogP contribution >= 0.6 is 24.0 Å². The molecule has 1 heterocycles. The van der Waals surface area contributed by atoms with Crippen LogP contribution in [0, 0.1) is 0 Å². The molecule has 1 aliphatic heterocycles. The molecule has 0 spiro atoms. The molecule has 2 unspecified atom stereocenters. The molecule has 0 amide bonds. The van der Waals surface area contributed by atoms with E-state index in [2.05, 4.69) is 46.6 Å². The number of hydrogen-bond acceptors (Lipinski definition) is 2. The Morgan fingerprint density at radius 1 is 1.00 bits per heavy atom. The first-order valence-electron chi connectivity index (χ1n) is 10.1. The van der Waals surface area contributed by atoms with Gasteiger partial charge in [-0.2, -0.15) is 0 Å². The molecule has 28 heavy (non-hydrogen) atoms. The number of para-hydroxylation sites is 1. The van der Waals surface area contributed by atoms with Gasteiger partial charge >= 0.3 is 0 Å². The van der Waals surface area contributed by atoms with E-state index in [9.17, 15) is 5.11 Å². The molecule has 0 aliphatic carbocycles. The van der Waals surface area contributed by atoms with Crippen molar-refractivity contribution in [2.24, 2.45) is 4.99 Å². The molecular weight excluding hydrogens is 461 g/mol. The number of guanidine groups is 1. The smallest absolute Gasteiger partial charge is 0.198 e. The van der Waals surface area contributed by atoms with E-state index in [0.717, 1.165) is 24.7 Å². The first-order chi connectivity index (χ1) is 13.2. The minimum atomic E-state index is -0.342. The quantitative estimate of drug-likeness (QED) is 0.334. The van der Waals surface area contributed by atoms with Crippen LogP contribution in [0.4, 0.5) is 5.69 Å². The number of nitrogens with one attached hydrogen (secondary N) is 1. The molecule has 3 rings (SSSR count). The maximum Gasteiger partial charge on any atom is 0.198 e. The summed E-state index contributed by atoms with van der Waals surface area (Å²) in [6.07, 6.45) is 4.10. The Morgan fingerprint density at radius 3 is 2.21 bits per heavy atom. The Hall–Kier alpha value is -1.60. The van der Waals surface area contributed by atoms with Gasteiger partial charge in [-0.1, -0.05) is 48.5 Å². The normalized spacial score (nSPS) is 16.8. The third-order valence-electron chi connectivity index (χ3n) is 5.04. The summed E-state index contributed by atoms with van der Waals surface area (Å²) < 4.78 is 0. The number of nitrogens with zero attached hydrogens (tertiary/aromatic N) is 2. The van der Waals surface area contributed by atoms with Crippen molar-refractivity contribution in [2.45, 2.75) is 44.6 Å². The van der Waals surface area contributed by atoms with Gasteiger partial charge in [0.15, 0.2) is 5.96 Å². The van der Waals surface area contributed by atoms with Crippen LogP contribution in [0.1, 0.15) is 44.1 Å². The van der Waals surface area contributed by atoms with Crippen molar-refractivity contribution in [3.8, 4) is 0 Å². The summed E-state index contributed by atoms with van der Waals surface area (Å²) in [5, 5.41) is 13.5. The molecule has 1 fully saturated rings. The molecule has 1 aliphatic rings. The van der Waals surface area contributed by atoms with Crippen molar-refractivity contribution >= 4 is 35.6 Å². The summed E-state index contributed by atoms with van der Waals surface area (Å²) >= 11 is 0. The van der Waals surface area contributed by atoms with Crippen LogP contribution in [-0.2, 0) is 0 Å². The Labute approximate surface area is 186 Å². The van der Waals surface area contributed by atoms with Gasteiger partial charge in [-0.25, -0.2) is 0 Å². The lowest BCUT2D eigenvalue weighted by Crippen LogP contribution is -2.40. The fourth-order valence-electron chi connectivity index (χ4n) is 3.62. The maximum absolute atomic E-state index is 9.96. The van der Waals surface area contributed by atoms with Gasteiger partial charge in [0.05, 0.1) is 6.10 Å². The van der Waals surface area contributed by atoms with Crippen molar-refractivity contribution < 1.29 is 5.11 Å². The summed E-state index contributed by atoms with van der Waals surface area (Å²) in [6.45, 7) is 4.62. The standard InChI is InChI=1S/C23H31N3O.HI/c1-19(27)17-21(20-11-5-2-6-12-20)18-24-23(26-15-9-4-10-16-26)25-22-13-7-3-8-14-22;/h2-3,5-8,11-14,19,21,27H,4,9-10,15-18H2,1H3,(H,24,25);1H. The Kier molecular flexibility index (Phi) is 9.78. The summed E-state index contributed by atoms with van der Waals surface area (Å²) in [7, 11) is 0. The SMILES string of the molecule is CC(O)CC(CN=C(Nc1ccccc1)N1CCCCC1)c1ccccc1.I. The van der Waals surface area contributed by atoms with Crippen molar-refractivity contribution in [2.75, 3.05) is 25.0 Å². The molecule has 5 heteroatoms. The van der Waals surface area contributed by atoms with Gasteiger partial charge in [0.2, 0.25) is 0 Å². The summed E-state index contributed by atoms with van der Waals surface area (Å²) in [6, 6.07) is 20.7. The largest absolute Gasteiger partial charge is 0.393 e. The number of aliphatic hydroxyl groups excluding tert-OH is 1. The molecule has 4 nitrogen and oxygen atoms in total. The highest BCUT2D eigenvalue weighted by atomic mass is 127. The average Bonchev–Trinajstić information content (AvgIpc) is 2.72. The van der Waals surface area contributed by atoms with E-state index in [4.69, 9.17) is 4.99 Å². The third-order valence-corrected chi connectivity index (χ3v) is 5.04. The van der Waals surface area contributed by atoms with Crippen molar-refractivity contribution in [3.63, 3.8) is 0 Å². The zero-order valence-electron chi connectivity index (χ0n) is 16.6. The van der Waals surface area contributed by atoms with Crippen LogP contribution in [0.3, 0.4) is 0 Å². The van der Waals surface area contributed by atoms with E-state index < -0.39 is 0 Å². The Balaban J connectivity index is 0.00000280. The zero-order chi connectivity index (χ0) is 18.9. The highest BCUT2D eigenvalue weighted by Gasteiger charge is 2.18. The van der Waals surface area contributed by atoms with E-state index in [1.165, 1.54) is 24.8 Å². The fourth-order valence-corrected chi connectivity index (χ4v) is 3.62. The maximum atomic E-state index is 9.96. The molecule has 2 aromatic carbocycles. The first-order valence-corrected chi connectivity index (χ1v) is 10.1. The zero-order valence-corrected chi connectivity index (χ0v) is 19.0. The summed E-state index contributed by atoms with van der Waals surface area (Å²) in [4.78, 5) is 7.35. The minimum absolute atomic E-state index is 0. The number of benzene rings is 2. The number of aliphatic imine (C=N–C) groups is 1. The fraction of sp³-hybridized carbons (Fsp3) is 0.435. The van der Waals surface area contributed by atoms with Crippen molar-refractivity contribution in [3.05, 3.63) is 66.2 Å². The molecule has 0 radical (unpaired) electrons. The van der Waals surface area contributed by atoms with E-state index in [1.54, 1.807) is 0 Å². The van der Waals surface area contributed by atoms with E-state index in [1.807, 2.05) is 31.2 Å². The second-order valence-corrected chi connectivity index (χ2v) is 7.40. The number of rotatable bonds is 6. The Bertz CT molecular complexity index is 700. The molecule has 2 aromatic rings. The van der Waals surface area contributed by atoms with Crippen LogP contribution in [0.5, 0.6) is 0 Å². The highest BCUT2D eigenvalue weighted by Crippen LogP contribution is 2.22. The number of anilines is 1. The molecule has 0 aromatic heterocycles. The predicted octanol–water partition coefficient (Wildman–Crippen LogP) is 5.11. The van der Waals surface area contributed by atoms with Crippen LogP contribution in [0.15, 0.2) is 65.7 Å². The number of hydrogen-bond donors (Lipinski definition) is 2. The van der Waals surface area contributed by atoms with Crippen molar-refractivity contribution in [1.82, 2.24) is 4.90 Å². The highest BCUT2D eigenvalue weighted by molar-refractivity contribution is 14.0. The van der Waals surface area contributed by atoms with Crippen LogP contribution in [0.25, 0.3) is 0 Å². The minimum Gasteiger partial charge on any atom is -0.393 e. The molecule has 0 saturated carbocycles. The van der Waals surface area contributed by atoms with E-state index >= 15 is 0 Å². The predicted molar refractivity (Wildman–Crippen MR) is 129 cm³/mol. The number of aliphatic hydroxyl groups is 1. The number of piperidine rings is 1. The van der Waals surface area contributed by atoms with Gasteiger partial charge < -0.3 is 15.3 Å². The van der Waals surface area contributed by atoms with Crippen LogP contribution < -0.4 is 5.32 Å². The summed E-state index contributed by atoms with van der Waals surface area (Å²) in [5.41, 5.74) is 2.30. The second-order valence-electron chi connectivity index (χ2n) is 7.40. The second kappa shape index (κ2) is 12.1. The van der Waals surface area contributed by atoms with Gasteiger partial charge in [-0.3, -0.25) is 4.99 Å². The molecule has 152 valence electrons. The average molecular weight is 493 g/mol. The monoisotopic (exact) mass is 493 g/mol. The van der Waals surface area contributed by atoms with Gasteiger partial charge in [0.25, 0.3) is 0 Å². The van der Waals surface area contributed by atoms with E-state index in [0.29, 0.717) is 13.0 Å². The molecule has 1 saturated heterocycles. The van der Waals surface area contributed by atoms with Gasteiger partial charge in [0.1, 0.15) is 0 Å². The lowest BCUT2D eigenvalue weighted by molar-refractivity contribution is 0.175. The van der Waals surface area contributed by atoms with Crippen LogP contribution in [0.2, 0.25) is 0 Å². The van der Waals surface area contributed by atoms with E-state index in [-0.39, 0.29) is 36.0 Å². The lowest BCUT2D eigenvalue weighted by Gasteiger charge is -2.30.